The molecule has 6 radical (unpaired) electrons. The van der Waals surface area contributed by atoms with Crippen molar-refractivity contribution in [3.05, 3.63) is 0 Å². The number of ether oxygens (including phenoxy) is 8. The topological polar surface area (TPSA) is 266 Å². The summed E-state index contributed by atoms with van der Waals surface area (Å²) in [6.45, 7) is 15.3. The fourth-order valence-corrected chi connectivity index (χ4v) is 8.17. The molecule has 0 saturated carbocycles. The first-order valence-corrected chi connectivity index (χ1v) is 22.3. The zero-order valence-electron chi connectivity index (χ0n) is 34.4. The van der Waals surface area contributed by atoms with Crippen molar-refractivity contribution in [1.82, 2.24) is 0 Å². The van der Waals surface area contributed by atoms with E-state index in [-0.39, 0.29) is 51.7 Å². The van der Waals surface area contributed by atoms with E-state index in [2.05, 4.69) is 0 Å². The van der Waals surface area contributed by atoms with E-state index in [0.717, 1.165) is 0 Å². The van der Waals surface area contributed by atoms with Crippen LogP contribution in [-0.2, 0) is 65.1 Å². The van der Waals surface area contributed by atoms with Crippen molar-refractivity contribution in [3.8, 4) is 0 Å². The molecule has 59 heavy (non-hydrogen) atoms. The number of phosphoric acid groups is 2. The molecule has 6 N–H and O–H groups in total. The van der Waals surface area contributed by atoms with Crippen molar-refractivity contribution in [2.75, 3.05) is 26.4 Å². The number of rotatable bonds is 20. The maximum Gasteiger partial charge on any atom is 0.472 e. The Morgan fingerprint density at radius 3 is 1.34 bits per heavy atom. The van der Waals surface area contributed by atoms with Crippen molar-refractivity contribution in [3.63, 3.8) is 0 Å². The van der Waals surface area contributed by atoms with E-state index in [1.54, 1.807) is 34.6 Å². The van der Waals surface area contributed by atoms with E-state index in [1.807, 2.05) is 27.7 Å². The molecule has 0 spiro atoms. The molecule has 4 aliphatic rings. The third-order valence-electron chi connectivity index (χ3n) is 9.05. The summed E-state index contributed by atoms with van der Waals surface area (Å²) in [6, 6.07) is -3.25. The minimum atomic E-state index is -4.65. The molecule has 340 valence electrons. The van der Waals surface area contributed by atoms with E-state index < -0.39 is 120 Å². The van der Waals surface area contributed by atoms with Gasteiger partial charge in [0.2, 0.25) is 0 Å². The van der Waals surface area contributed by atoms with Gasteiger partial charge in [0.15, 0.2) is 0 Å². The minimum absolute atomic E-state index is 0. The minimum Gasteiger partial charge on any atom is -0.388 e. The van der Waals surface area contributed by atoms with Crippen LogP contribution in [0.3, 0.4) is 0 Å². The number of hydrogen-bond acceptors (Lipinski definition) is 18. The molecule has 4 rings (SSSR count). The molecular weight excluding hydrogens is 823 g/mol. The van der Waals surface area contributed by atoms with Crippen LogP contribution in [0.2, 0.25) is 0 Å². The maximum absolute atomic E-state index is 12.5. The fraction of sp³-hybridized carbons (Fsp3) is 1.00. The standard InChI is InChI=1S/C17H32BO10P.C16H29B2O10P.CH4/c1-8(2)23-6-11-16(14(20)17(18)27-11)28-29(21,22)24-7-12-15(25-9(3)4)13(19)10(5)26-12;1-7(2)23-5-9-11(19)14(16(18)26-9)28-29(21,22)24-6-10-13(25-8(3)4)12(20)15(17)27-10;/h8-17,19-20H,6-7H2,1-5H3,(H,21,22);7-16,19-20H,5-6H2,1-4H3,(H,21,22);1H4/t10-,11+,12+,13+,14-,15?,16?,17+;9-,10-,11?,12+,13?,14+,15-,16-;/m01./s1. The molecule has 4 heterocycles. The lowest BCUT2D eigenvalue weighted by Crippen LogP contribution is -2.39. The van der Waals surface area contributed by atoms with Crippen molar-refractivity contribution < 1.29 is 95.3 Å². The molecular formula is C34H65B3O20P2. The Bertz CT molecular complexity index is 1330. The molecule has 0 aromatic rings. The molecule has 6 unspecified atom stereocenters. The van der Waals surface area contributed by atoms with E-state index in [0.29, 0.717) is 0 Å². The molecule has 4 aliphatic heterocycles. The second-order valence-electron chi connectivity index (χ2n) is 15.5. The Balaban J connectivity index is 0.000000400. The van der Waals surface area contributed by atoms with Gasteiger partial charge in [-0.1, -0.05) is 7.43 Å². The average molecular weight is 888 g/mol. The van der Waals surface area contributed by atoms with Crippen molar-refractivity contribution in [2.45, 2.75) is 192 Å². The molecule has 4 saturated heterocycles. The zero-order chi connectivity index (χ0) is 43.9. The zero-order valence-corrected chi connectivity index (χ0v) is 36.2. The molecule has 4 fully saturated rings. The average Bonchev–Trinajstić information content (AvgIpc) is 3.74. The lowest BCUT2D eigenvalue weighted by Gasteiger charge is -2.26. The highest BCUT2D eigenvalue weighted by Gasteiger charge is 2.49. The number of aliphatic hydroxyl groups is 4. The summed E-state index contributed by atoms with van der Waals surface area (Å²) in [7, 11) is 7.82. The highest BCUT2D eigenvalue weighted by Crippen LogP contribution is 2.49. The van der Waals surface area contributed by atoms with Crippen LogP contribution < -0.4 is 0 Å². The van der Waals surface area contributed by atoms with Crippen molar-refractivity contribution >= 4 is 39.2 Å². The van der Waals surface area contributed by atoms with Gasteiger partial charge in [0, 0.05) is 18.0 Å². The lowest BCUT2D eigenvalue weighted by atomic mass is 9.93. The third-order valence-corrected chi connectivity index (χ3v) is 11.0. The van der Waals surface area contributed by atoms with E-state index in [9.17, 15) is 39.3 Å². The number of aliphatic hydroxyl groups excluding tert-OH is 4. The van der Waals surface area contributed by atoms with Crippen LogP contribution in [0.25, 0.3) is 0 Å². The lowest BCUT2D eigenvalue weighted by molar-refractivity contribution is -0.0810. The van der Waals surface area contributed by atoms with Crippen LogP contribution in [-0.4, -0.2) is 202 Å². The summed E-state index contributed by atoms with van der Waals surface area (Å²) in [4.78, 5) is 20.2. The Morgan fingerprint density at radius 1 is 0.508 bits per heavy atom. The van der Waals surface area contributed by atoms with Gasteiger partial charge in [0.25, 0.3) is 0 Å². The maximum atomic E-state index is 12.5. The molecule has 0 bridgehead atoms. The summed E-state index contributed by atoms with van der Waals surface area (Å²) in [5.41, 5.74) is 0. The molecule has 0 aromatic heterocycles. The third kappa shape index (κ3) is 16.8. The van der Waals surface area contributed by atoms with Crippen LogP contribution in [0.5, 0.6) is 0 Å². The summed E-state index contributed by atoms with van der Waals surface area (Å²) >= 11 is 0. The molecule has 0 amide bonds. The largest absolute Gasteiger partial charge is 0.472 e. The number of phosphoric ester groups is 2. The first-order chi connectivity index (χ1) is 26.8. The highest BCUT2D eigenvalue weighted by atomic mass is 31.2. The molecule has 0 aromatic carbocycles. The smallest absolute Gasteiger partial charge is 0.388 e. The predicted molar refractivity (Wildman–Crippen MR) is 212 cm³/mol. The van der Waals surface area contributed by atoms with Gasteiger partial charge in [-0.3, -0.25) is 18.1 Å². The van der Waals surface area contributed by atoms with Gasteiger partial charge < -0.3 is 68.1 Å². The first-order valence-electron chi connectivity index (χ1n) is 19.3. The van der Waals surface area contributed by atoms with Crippen LogP contribution in [0, 0.1) is 0 Å². The van der Waals surface area contributed by atoms with Gasteiger partial charge in [-0.2, -0.15) is 0 Å². The second kappa shape index (κ2) is 24.3. The fourth-order valence-electron chi connectivity index (χ4n) is 6.26. The monoisotopic (exact) mass is 888 g/mol. The van der Waals surface area contributed by atoms with Gasteiger partial charge in [-0.05, 0) is 62.3 Å². The van der Waals surface area contributed by atoms with Crippen LogP contribution >= 0.6 is 15.6 Å². The molecule has 20 nitrogen and oxygen atoms in total. The van der Waals surface area contributed by atoms with Crippen LogP contribution in [0.1, 0.15) is 69.7 Å². The summed E-state index contributed by atoms with van der Waals surface area (Å²) in [5, 5.41) is 40.7. The Kier molecular flexibility index (Phi) is 22.7. The Morgan fingerprint density at radius 2 is 0.881 bits per heavy atom. The summed E-state index contributed by atoms with van der Waals surface area (Å²) in [5.74, 6) is 0. The van der Waals surface area contributed by atoms with Gasteiger partial charge in [-0.15, -0.1) is 0 Å². The van der Waals surface area contributed by atoms with E-state index in [4.69, 9.17) is 79.5 Å². The first kappa shape index (κ1) is 55.1. The van der Waals surface area contributed by atoms with E-state index in [1.165, 1.54) is 0 Å². The highest BCUT2D eigenvalue weighted by molar-refractivity contribution is 7.47. The Hall–Kier alpha value is -0.0652. The van der Waals surface area contributed by atoms with Crippen LogP contribution in [0.4, 0.5) is 0 Å². The van der Waals surface area contributed by atoms with Crippen molar-refractivity contribution in [1.29, 1.82) is 0 Å². The molecule has 18 atom stereocenters. The predicted octanol–water partition coefficient (Wildman–Crippen LogP) is -0.0384. The summed E-state index contributed by atoms with van der Waals surface area (Å²) in [6.07, 6.45) is -13.2. The van der Waals surface area contributed by atoms with Gasteiger partial charge in [0.05, 0.1) is 56.9 Å². The second-order valence-corrected chi connectivity index (χ2v) is 18.3. The SMILES string of the molecule is C.[B][C@@H]1O[C@H](COC(C)C)C(OP(=O)(O)OC[C@H]2O[C@@H](C)[C@@H](O)C2OC(C)C)[C@@H]1O.[B][C@@H]1O[C@H](COP(=O)(O)O[C@H]2C(O)[C@@H](COC(C)C)O[C@H]2[B])C(OC(C)C)[C@@H]1O. The summed E-state index contributed by atoms with van der Waals surface area (Å²) < 4.78 is 88.7. The van der Waals surface area contributed by atoms with Crippen LogP contribution in [0.15, 0.2) is 0 Å². The van der Waals surface area contributed by atoms with E-state index >= 15 is 0 Å². The quantitative estimate of drug-likeness (QED) is 0.0692. The van der Waals surface area contributed by atoms with Gasteiger partial charge in [-0.25, -0.2) is 9.13 Å². The van der Waals surface area contributed by atoms with Crippen molar-refractivity contribution in [2.24, 2.45) is 0 Å². The normalized spacial score (nSPS) is 39.4. The Labute approximate surface area is 351 Å². The van der Waals surface area contributed by atoms with Gasteiger partial charge >= 0.3 is 15.6 Å². The van der Waals surface area contributed by atoms with Gasteiger partial charge in [0.1, 0.15) is 96.8 Å². The molecule has 25 heteroatoms. The number of hydrogen-bond donors (Lipinski definition) is 6. The molecule has 0 aliphatic carbocycles.